The molecule has 2 heterocycles. The van der Waals surface area contributed by atoms with Gasteiger partial charge in [-0.25, -0.2) is 0 Å². The Kier molecular flexibility index (Phi) is 4.79. The van der Waals surface area contributed by atoms with E-state index in [4.69, 9.17) is 18.9 Å². The summed E-state index contributed by atoms with van der Waals surface area (Å²) in [6.45, 7) is 1.31. The number of rotatable bonds is 9. The lowest BCUT2D eigenvalue weighted by Gasteiger charge is -2.18. The molecule has 2 rings (SSSR count). The lowest BCUT2D eigenvalue weighted by atomic mass is 10.4. The minimum absolute atomic E-state index is 0.00912. The number of alkyl halides is 3. The summed E-state index contributed by atoms with van der Waals surface area (Å²) in [5, 5.41) is 0. The van der Waals surface area contributed by atoms with Gasteiger partial charge in [-0.1, -0.05) is 0 Å². The van der Waals surface area contributed by atoms with Crippen molar-refractivity contribution in [1.29, 1.82) is 0 Å². The highest BCUT2D eigenvalue weighted by Crippen LogP contribution is 2.18. The van der Waals surface area contributed by atoms with Crippen LogP contribution in [0, 0.1) is 0 Å². The van der Waals surface area contributed by atoms with Crippen molar-refractivity contribution in [2.75, 3.05) is 39.6 Å². The molecule has 3 unspecified atom stereocenters. The van der Waals surface area contributed by atoms with E-state index in [0.717, 1.165) is 0 Å². The van der Waals surface area contributed by atoms with Crippen LogP contribution in [0.1, 0.15) is 0 Å². The number of hydrogen-bond donors (Lipinski definition) is 0. The van der Waals surface area contributed by atoms with E-state index in [-0.39, 0.29) is 25.4 Å². The average Bonchev–Trinajstić information content (AvgIpc) is 3.12. The lowest BCUT2D eigenvalue weighted by Crippen LogP contribution is -2.31. The van der Waals surface area contributed by atoms with Crippen molar-refractivity contribution in [1.82, 2.24) is 0 Å². The Labute approximate surface area is 102 Å². The fourth-order valence-electron chi connectivity index (χ4n) is 1.23. The highest BCUT2D eigenvalue weighted by molar-refractivity contribution is 4.70. The minimum Gasteiger partial charge on any atom is -0.376 e. The predicted octanol–water partition coefficient (Wildman–Crippen LogP) is 0.722. The maximum absolute atomic E-state index is 11.9. The Bertz CT molecular complexity index is 252. The molecule has 0 aromatic heterocycles. The molecule has 18 heavy (non-hydrogen) atoms. The second kappa shape index (κ2) is 6.16. The van der Waals surface area contributed by atoms with Gasteiger partial charge < -0.3 is 18.9 Å². The average molecular weight is 272 g/mol. The first-order valence-electron chi connectivity index (χ1n) is 5.66. The van der Waals surface area contributed by atoms with Gasteiger partial charge in [0.05, 0.1) is 39.6 Å². The van der Waals surface area contributed by atoms with E-state index >= 15 is 0 Å². The Hall–Kier alpha value is -0.410. The van der Waals surface area contributed by atoms with E-state index in [0.29, 0.717) is 19.8 Å². The molecule has 0 radical (unpaired) electrons. The highest BCUT2D eigenvalue weighted by atomic mass is 19.4. The topological polar surface area (TPSA) is 52.8 Å². The Morgan fingerprint density at radius 3 is 2.22 bits per heavy atom. The maximum atomic E-state index is 11.9. The molecular weight excluding hydrogens is 257 g/mol. The molecule has 0 N–H and O–H groups in total. The Balaban J connectivity index is 1.62. The molecule has 0 saturated carbocycles. The molecule has 2 fully saturated rings. The van der Waals surface area contributed by atoms with Crippen LogP contribution >= 0.6 is 0 Å². The summed E-state index contributed by atoms with van der Waals surface area (Å²) in [7, 11) is 0. The summed E-state index contributed by atoms with van der Waals surface area (Å²) in [5.74, 6) is 0. The van der Waals surface area contributed by atoms with E-state index in [1.807, 2.05) is 0 Å². The highest BCUT2D eigenvalue weighted by Gasteiger charge is 2.32. The van der Waals surface area contributed by atoms with Crippen molar-refractivity contribution in [3.05, 3.63) is 0 Å². The predicted molar refractivity (Wildman–Crippen MR) is 52.0 cm³/mol. The van der Waals surface area contributed by atoms with Crippen LogP contribution in [0.4, 0.5) is 13.2 Å². The van der Waals surface area contributed by atoms with Crippen LogP contribution in [0.5, 0.6) is 0 Å². The van der Waals surface area contributed by atoms with Crippen molar-refractivity contribution in [3.63, 3.8) is 0 Å². The van der Waals surface area contributed by atoms with Crippen molar-refractivity contribution in [2.45, 2.75) is 24.7 Å². The minimum atomic E-state index is -4.66. The standard InChI is InChI=1S/C10H15F3O5/c11-10(12,13)18-6-8(16-4-9-5-17-9)2-14-1-7-3-15-7/h7-9H,1-6H2. The van der Waals surface area contributed by atoms with Crippen LogP contribution in [-0.2, 0) is 23.7 Å². The molecule has 5 nitrogen and oxygen atoms in total. The first-order chi connectivity index (χ1) is 8.53. The molecular formula is C10H15F3O5. The SMILES string of the molecule is FC(F)(F)OCC(COCC1CO1)OCC1CO1. The van der Waals surface area contributed by atoms with E-state index in [9.17, 15) is 13.2 Å². The molecule has 8 heteroatoms. The molecule has 0 aromatic carbocycles. The molecule has 0 aliphatic carbocycles. The number of epoxide rings is 2. The van der Waals surface area contributed by atoms with Crippen LogP contribution in [0.3, 0.4) is 0 Å². The molecule has 2 saturated heterocycles. The molecule has 0 spiro atoms. The molecule has 0 amide bonds. The maximum Gasteiger partial charge on any atom is 0.522 e. The zero-order valence-electron chi connectivity index (χ0n) is 9.65. The van der Waals surface area contributed by atoms with Gasteiger partial charge in [0.25, 0.3) is 0 Å². The van der Waals surface area contributed by atoms with Crippen LogP contribution in [0.15, 0.2) is 0 Å². The van der Waals surface area contributed by atoms with Crippen molar-refractivity contribution in [3.8, 4) is 0 Å². The largest absolute Gasteiger partial charge is 0.522 e. The van der Waals surface area contributed by atoms with Crippen LogP contribution in [-0.4, -0.2) is 64.3 Å². The molecule has 2 aliphatic heterocycles. The van der Waals surface area contributed by atoms with E-state index < -0.39 is 19.1 Å². The van der Waals surface area contributed by atoms with Gasteiger partial charge >= 0.3 is 6.36 Å². The third-order valence-electron chi connectivity index (χ3n) is 2.36. The fraction of sp³-hybridized carbons (Fsp3) is 1.00. The zero-order chi connectivity index (χ0) is 13.0. The summed E-state index contributed by atoms with van der Waals surface area (Å²) >= 11 is 0. The zero-order valence-corrected chi connectivity index (χ0v) is 9.65. The summed E-state index contributed by atoms with van der Waals surface area (Å²) < 4.78 is 59.8. The van der Waals surface area contributed by atoms with Gasteiger partial charge in [0.15, 0.2) is 0 Å². The van der Waals surface area contributed by atoms with Gasteiger partial charge in [-0.05, 0) is 0 Å². The summed E-state index contributed by atoms with van der Waals surface area (Å²) in [4.78, 5) is 0. The van der Waals surface area contributed by atoms with Crippen LogP contribution in [0.25, 0.3) is 0 Å². The third-order valence-corrected chi connectivity index (χ3v) is 2.36. The monoisotopic (exact) mass is 272 g/mol. The number of hydrogen-bond acceptors (Lipinski definition) is 5. The quantitative estimate of drug-likeness (QED) is 0.579. The number of halogens is 3. The molecule has 2 aliphatic rings. The normalized spacial score (nSPS) is 28.2. The van der Waals surface area contributed by atoms with E-state index in [1.165, 1.54) is 0 Å². The molecule has 3 atom stereocenters. The number of ether oxygens (including phenoxy) is 5. The van der Waals surface area contributed by atoms with E-state index in [2.05, 4.69) is 4.74 Å². The van der Waals surface area contributed by atoms with Crippen molar-refractivity contribution < 1.29 is 36.9 Å². The summed E-state index contributed by atoms with van der Waals surface area (Å²) in [6.07, 6.45) is -5.35. The Morgan fingerprint density at radius 2 is 1.67 bits per heavy atom. The second-order valence-corrected chi connectivity index (χ2v) is 4.16. The van der Waals surface area contributed by atoms with Crippen LogP contribution in [0.2, 0.25) is 0 Å². The van der Waals surface area contributed by atoms with Gasteiger partial charge in [-0.15, -0.1) is 13.2 Å². The summed E-state index contributed by atoms with van der Waals surface area (Å²) in [5.41, 5.74) is 0. The molecule has 106 valence electrons. The molecule has 0 bridgehead atoms. The smallest absolute Gasteiger partial charge is 0.376 e. The third kappa shape index (κ3) is 6.50. The first-order valence-corrected chi connectivity index (χ1v) is 5.66. The van der Waals surface area contributed by atoms with E-state index in [1.54, 1.807) is 0 Å². The van der Waals surface area contributed by atoms with Gasteiger partial charge in [0.1, 0.15) is 18.3 Å². The summed E-state index contributed by atoms with van der Waals surface area (Å²) in [6, 6.07) is 0. The van der Waals surface area contributed by atoms with Gasteiger partial charge in [-0.2, -0.15) is 0 Å². The Morgan fingerprint density at radius 1 is 1.06 bits per heavy atom. The van der Waals surface area contributed by atoms with Gasteiger partial charge in [0.2, 0.25) is 0 Å². The molecule has 0 aromatic rings. The van der Waals surface area contributed by atoms with Crippen molar-refractivity contribution >= 4 is 0 Å². The van der Waals surface area contributed by atoms with Gasteiger partial charge in [0, 0.05) is 0 Å². The van der Waals surface area contributed by atoms with Gasteiger partial charge in [-0.3, -0.25) is 4.74 Å². The lowest BCUT2D eigenvalue weighted by molar-refractivity contribution is -0.332. The first kappa shape index (κ1) is 14.0. The van der Waals surface area contributed by atoms with Crippen molar-refractivity contribution in [2.24, 2.45) is 0 Å². The van der Waals surface area contributed by atoms with Crippen LogP contribution < -0.4 is 0 Å². The fourth-order valence-corrected chi connectivity index (χ4v) is 1.23. The second-order valence-electron chi connectivity index (χ2n) is 4.16.